The van der Waals surface area contributed by atoms with Crippen LogP contribution in [0.4, 0.5) is 0 Å². The number of aliphatic hydroxyl groups is 2. The van der Waals surface area contributed by atoms with Crippen molar-refractivity contribution >= 4 is 64.6 Å². The molecule has 0 fully saturated rings. The third-order valence-corrected chi connectivity index (χ3v) is 12.2. The van der Waals surface area contributed by atoms with E-state index < -0.39 is 0 Å². The maximum absolute atomic E-state index is 12.5. The third-order valence-electron chi connectivity index (χ3n) is 12.2. The Hall–Kier alpha value is -8.36. The van der Waals surface area contributed by atoms with Gasteiger partial charge in [-0.2, -0.15) is 0 Å². The van der Waals surface area contributed by atoms with E-state index in [1.807, 2.05) is 170 Å². The van der Waals surface area contributed by atoms with Gasteiger partial charge in [0.1, 0.15) is 23.0 Å². The van der Waals surface area contributed by atoms with Crippen molar-refractivity contribution in [3.63, 3.8) is 0 Å². The van der Waals surface area contributed by atoms with Gasteiger partial charge in [0.05, 0.1) is 0 Å². The fraction of sp³-hybridized carbons (Fsp3) is 0.0323. The van der Waals surface area contributed by atoms with Crippen LogP contribution in [-0.2, 0) is 27.3 Å². The summed E-state index contributed by atoms with van der Waals surface area (Å²) in [5.74, 6) is 0.450. The van der Waals surface area contributed by atoms with Gasteiger partial charge in [-0.05, 0) is 100 Å². The second kappa shape index (κ2) is 28.9. The molecule has 0 amide bonds. The molecule has 0 spiro atoms. The van der Waals surface area contributed by atoms with Crippen LogP contribution in [0.3, 0.4) is 0 Å². The monoisotopic (exact) mass is 1120 g/mol. The summed E-state index contributed by atoms with van der Waals surface area (Å²) in [4.78, 5) is 0. The largest absolute Gasteiger partial charge is 2.00 e. The van der Waals surface area contributed by atoms with Gasteiger partial charge >= 0.3 is 27.3 Å². The molecule has 0 aliphatic rings. The molecule has 12 aromatic carbocycles. The smallest absolute Gasteiger partial charge is 0.872 e. The molecule has 0 aliphatic heterocycles. The van der Waals surface area contributed by atoms with Gasteiger partial charge in [0.2, 0.25) is 0 Å². The van der Waals surface area contributed by atoms with Gasteiger partial charge in [-0.3, -0.25) is 0 Å². The number of rotatable bonds is 3. The zero-order valence-corrected chi connectivity index (χ0v) is 46.4. The average molecular weight is 1120 g/mol. The van der Waals surface area contributed by atoms with E-state index in [1.54, 1.807) is 48.5 Å². The van der Waals surface area contributed by atoms with E-state index in [2.05, 4.69) is 0 Å². The van der Waals surface area contributed by atoms with E-state index in [1.165, 1.54) is 0 Å². The van der Waals surface area contributed by atoms with E-state index in [0.29, 0.717) is 33.4 Å². The Balaban J connectivity index is 0.000000363. The molecule has 13 nitrogen and oxygen atoms in total. The number of benzene rings is 12. The molecule has 12 aromatic rings. The zero-order chi connectivity index (χ0) is 49.3. The maximum atomic E-state index is 12.5. The fourth-order valence-corrected chi connectivity index (χ4v) is 9.11. The Kier molecular flexibility index (Phi) is 24.3. The summed E-state index contributed by atoms with van der Waals surface area (Å²) in [7, 11) is 2.00. The van der Waals surface area contributed by atoms with E-state index in [4.69, 9.17) is 10.2 Å². The Morgan fingerprint density at radius 1 is 0.237 bits per heavy atom. The summed E-state index contributed by atoms with van der Waals surface area (Å²) < 4.78 is 0. The molecule has 12 rings (SSSR count). The molecule has 20 N–H and O–H groups in total. The Bertz CT molecular complexity index is 3190. The molecule has 0 atom stereocenters. The second-order valence-electron chi connectivity index (χ2n) is 16.0. The molecule has 386 valence electrons. The van der Waals surface area contributed by atoms with Crippen molar-refractivity contribution in [2.75, 3.05) is 14.2 Å². The van der Waals surface area contributed by atoms with Crippen molar-refractivity contribution in [1.82, 2.24) is 24.6 Å². The SMILES string of the molecule is CO.CO.N.N.N.N.O.Oc1ccc2ccccc2c1-c1c(O)ccc2ccccc12.Oc1ccc2ccccc2c1-c1c(O)ccc2ccccc12.[Cd+2].[O-]c1ccc2ccccc2c1-c1c([O-])ccc2ccccc12. The molecule has 76 heavy (non-hydrogen) atoms. The zero-order valence-electron chi connectivity index (χ0n) is 42.3. The molecule has 0 heterocycles. The standard InChI is InChI=1S/3C20H14O2.2CH4O.Cd.4H3N.H2O/c3*21-17-11-9-13-5-1-3-7-15(13)19(17)20-16-8-4-2-6-14(16)10-12-18(20)22;2*1-2;;;;;;/h3*1-12,21-22H;2*2H,1H3;;4*1H3;1H2/q;;;;;+2;;;;;/p-2. The Morgan fingerprint density at radius 2 is 0.395 bits per heavy atom. The minimum atomic E-state index is -0.118. The maximum Gasteiger partial charge on any atom is 2.00 e. The summed E-state index contributed by atoms with van der Waals surface area (Å²) in [5.41, 5.74) is 3.69. The number of hydrogen-bond acceptors (Lipinski definition) is 12. The van der Waals surface area contributed by atoms with Gasteiger partial charge in [0.25, 0.3) is 0 Å². The molecule has 0 radical (unpaired) electrons. The molecule has 0 saturated carbocycles. The Labute approximate surface area is 460 Å². The normalized spacial score (nSPS) is 9.79. The number of fused-ring (bicyclic) bond motifs is 6. The summed E-state index contributed by atoms with van der Waals surface area (Å²) in [5, 5.41) is 92.1. The van der Waals surface area contributed by atoms with Crippen LogP contribution in [-0.4, -0.2) is 50.3 Å². The molecule has 0 bridgehead atoms. The van der Waals surface area contributed by atoms with Crippen LogP contribution in [0, 0.1) is 0 Å². The minimum absolute atomic E-state index is 0. The van der Waals surface area contributed by atoms with Crippen LogP contribution in [0.2, 0.25) is 0 Å². The van der Waals surface area contributed by atoms with E-state index in [0.717, 1.165) is 78.9 Å². The summed E-state index contributed by atoms with van der Waals surface area (Å²) in [6, 6.07) is 67.7. The van der Waals surface area contributed by atoms with Crippen molar-refractivity contribution in [2.45, 2.75) is 0 Å². The average Bonchev–Trinajstić information content (AvgIpc) is 3.41. The summed E-state index contributed by atoms with van der Waals surface area (Å²) >= 11 is 0. The number of hydrogen-bond donors (Lipinski definition) is 10. The molecule has 0 saturated heterocycles. The van der Waals surface area contributed by atoms with Gasteiger partial charge in [-0.15, -0.1) is 11.5 Å². The van der Waals surface area contributed by atoms with Gasteiger partial charge in [-0.25, -0.2) is 0 Å². The van der Waals surface area contributed by atoms with Crippen molar-refractivity contribution in [1.29, 1.82) is 0 Å². The third kappa shape index (κ3) is 12.6. The molecule has 0 aromatic heterocycles. The van der Waals surface area contributed by atoms with Gasteiger partial charge < -0.3 is 70.9 Å². The van der Waals surface area contributed by atoms with E-state index in [-0.39, 0.29) is 91.9 Å². The second-order valence-corrected chi connectivity index (χ2v) is 16.0. The quantitative estimate of drug-likeness (QED) is 0.0738. The van der Waals surface area contributed by atoms with Crippen LogP contribution >= 0.6 is 0 Å². The van der Waals surface area contributed by atoms with Crippen molar-refractivity contribution < 1.29 is 73.6 Å². The first kappa shape index (κ1) is 63.8. The minimum Gasteiger partial charge on any atom is -0.872 e. The van der Waals surface area contributed by atoms with Crippen molar-refractivity contribution in [3.05, 3.63) is 218 Å². The van der Waals surface area contributed by atoms with Gasteiger partial charge in [-0.1, -0.05) is 194 Å². The van der Waals surface area contributed by atoms with Crippen molar-refractivity contribution in [2.24, 2.45) is 0 Å². The summed E-state index contributed by atoms with van der Waals surface area (Å²) in [6.07, 6.45) is 0. The molecule has 0 aliphatic carbocycles. The van der Waals surface area contributed by atoms with Crippen LogP contribution in [0.15, 0.2) is 218 Å². The van der Waals surface area contributed by atoms with E-state index in [9.17, 15) is 30.6 Å². The first-order valence-electron chi connectivity index (χ1n) is 22.4. The molecule has 14 heteroatoms. The van der Waals surface area contributed by atoms with Gasteiger partial charge in [0, 0.05) is 36.5 Å². The molecule has 0 unspecified atom stereocenters. The first-order chi connectivity index (χ1) is 34.3. The number of aromatic hydroxyl groups is 4. The first-order valence-corrected chi connectivity index (χ1v) is 22.4. The number of phenols is 4. The van der Waals surface area contributed by atoms with Crippen LogP contribution in [0.25, 0.3) is 98.0 Å². The Morgan fingerprint density at radius 3 is 0.592 bits per heavy atom. The number of aliphatic hydroxyl groups excluding tert-OH is 2. The summed E-state index contributed by atoms with van der Waals surface area (Å²) in [6.45, 7) is 0. The predicted octanol–water partition coefficient (Wildman–Crippen LogP) is 13.0. The van der Waals surface area contributed by atoms with Crippen LogP contribution < -0.4 is 34.8 Å². The van der Waals surface area contributed by atoms with Gasteiger partial charge in [0.15, 0.2) is 0 Å². The fourth-order valence-electron chi connectivity index (χ4n) is 9.11. The topological polar surface area (TPSA) is 339 Å². The molecular weight excluding hydrogens is 1060 g/mol. The van der Waals surface area contributed by atoms with Crippen molar-refractivity contribution in [3.8, 4) is 67.9 Å². The van der Waals surface area contributed by atoms with E-state index >= 15 is 0 Å². The van der Waals surface area contributed by atoms with Crippen LogP contribution in [0.1, 0.15) is 0 Å². The van der Waals surface area contributed by atoms with Crippen LogP contribution in [0.5, 0.6) is 34.5 Å². The molecular formula is C62H62CdN4O9. The number of phenolic OH excluding ortho intramolecular Hbond substituents is 4. The predicted molar refractivity (Wildman–Crippen MR) is 306 cm³/mol.